The maximum Gasteiger partial charge on any atom is 0.252 e. The van der Waals surface area contributed by atoms with Gasteiger partial charge in [-0.3, -0.25) is 4.79 Å². The van der Waals surface area contributed by atoms with E-state index in [0.717, 1.165) is 17.1 Å². The van der Waals surface area contributed by atoms with Gasteiger partial charge in [-0.2, -0.15) is 0 Å². The molecule has 1 aliphatic carbocycles. The van der Waals surface area contributed by atoms with Crippen LogP contribution < -0.4 is 5.32 Å². The molecule has 5 heteroatoms. The standard InChI is InChI=1S/C12H15BrN2O2/c13-11-4-3-10(7-15-11)12(16)14-5-6-17-8-9-1-2-9/h3-4,7,9H,1-2,5-6,8H2,(H,14,16). The number of ether oxygens (including phenoxy) is 1. The zero-order valence-corrected chi connectivity index (χ0v) is 11.1. The number of hydrogen-bond donors (Lipinski definition) is 1. The van der Waals surface area contributed by atoms with Gasteiger partial charge in [0.05, 0.1) is 12.2 Å². The molecule has 0 unspecified atom stereocenters. The Balaban J connectivity index is 1.64. The largest absolute Gasteiger partial charge is 0.379 e. The number of pyridine rings is 1. The van der Waals surface area contributed by atoms with Crippen LogP contribution in [0.25, 0.3) is 0 Å². The van der Waals surface area contributed by atoms with E-state index in [1.54, 1.807) is 18.3 Å². The molecule has 0 bridgehead atoms. The number of amides is 1. The molecule has 2 rings (SSSR count). The number of nitrogens with one attached hydrogen (secondary N) is 1. The summed E-state index contributed by atoms with van der Waals surface area (Å²) >= 11 is 3.22. The van der Waals surface area contributed by atoms with Crippen molar-refractivity contribution in [3.8, 4) is 0 Å². The Labute approximate surface area is 109 Å². The van der Waals surface area contributed by atoms with Crippen molar-refractivity contribution in [3.63, 3.8) is 0 Å². The van der Waals surface area contributed by atoms with Gasteiger partial charge in [0.2, 0.25) is 0 Å². The number of nitrogens with zero attached hydrogens (tertiary/aromatic N) is 1. The second-order valence-electron chi connectivity index (χ2n) is 4.14. The maximum absolute atomic E-state index is 11.6. The molecule has 1 fully saturated rings. The first kappa shape index (κ1) is 12.5. The zero-order valence-electron chi connectivity index (χ0n) is 9.49. The summed E-state index contributed by atoms with van der Waals surface area (Å²) in [7, 11) is 0. The van der Waals surface area contributed by atoms with Crippen molar-refractivity contribution in [2.24, 2.45) is 5.92 Å². The van der Waals surface area contributed by atoms with E-state index >= 15 is 0 Å². The first-order chi connectivity index (χ1) is 8.25. The highest BCUT2D eigenvalue weighted by molar-refractivity contribution is 9.10. The van der Waals surface area contributed by atoms with Crippen molar-refractivity contribution >= 4 is 21.8 Å². The van der Waals surface area contributed by atoms with Gasteiger partial charge in [0, 0.05) is 19.3 Å². The van der Waals surface area contributed by atoms with Crippen LogP contribution in [0.4, 0.5) is 0 Å². The molecule has 0 aromatic carbocycles. The third-order valence-corrected chi connectivity index (χ3v) is 3.04. The predicted molar refractivity (Wildman–Crippen MR) is 67.8 cm³/mol. The summed E-state index contributed by atoms with van der Waals surface area (Å²) in [6, 6.07) is 3.48. The van der Waals surface area contributed by atoms with Crippen molar-refractivity contribution in [2.75, 3.05) is 19.8 Å². The van der Waals surface area contributed by atoms with Gasteiger partial charge in [0.15, 0.2) is 0 Å². The normalized spacial score (nSPS) is 14.6. The quantitative estimate of drug-likeness (QED) is 0.645. The van der Waals surface area contributed by atoms with Crippen LogP contribution in [-0.4, -0.2) is 30.6 Å². The summed E-state index contributed by atoms with van der Waals surface area (Å²) in [6.07, 6.45) is 4.12. The third-order valence-electron chi connectivity index (χ3n) is 2.57. The molecule has 1 amide bonds. The van der Waals surface area contributed by atoms with E-state index < -0.39 is 0 Å². The second kappa shape index (κ2) is 6.12. The Bertz CT molecular complexity index is 377. The Morgan fingerprint density at radius 3 is 3.00 bits per heavy atom. The van der Waals surface area contributed by atoms with Gasteiger partial charge >= 0.3 is 0 Å². The lowest BCUT2D eigenvalue weighted by molar-refractivity contribution is 0.0906. The average molecular weight is 299 g/mol. The molecule has 1 aromatic heterocycles. The van der Waals surface area contributed by atoms with Gasteiger partial charge in [-0.25, -0.2) is 4.98 Å². The van der Waals surface area contributed by atoms with Crippen LogP contribution >= 0.6 is 15.9 Å². The fraction of sp³-hybridized carbons (Fsp3) is 0.500. The van der Waals surface area contributed by atoms with Gasteiger partial charge in [-0.1, -0.05) is 0 Å². The van der Waals surface area contributed by atoms with Crippen LogP contribution in [0.1, 0.15) is 23.2 Å². The van der Waals surface area contributed by atoms with E-state index in [1.807, 2.05) is 0 Å². The van der Waals surface area contributed by atoms with E-state index in [4.69, 9.17) is 4.74 Å². The minimum absolute atomic E-state index is 0.111. The van der Waals surface area contributed by atoms with Gasteiger partial charge < -0.3 is 10.1 Å². The maximum atomic E-state index is 11.6. The summed E-state index contributed by atoms with van der Waals surface area (Å²) in [5, 5.41) is 2.79. The minimum Gasteiger partial charge on any atom is -0.379 e. The first-order valence-electron chi connectivity index (χ1n) is 5.73. The molecule has 0 spiro atoms. The first-order valence-corrected chi connectivity index (χ1v) is 6.52. The lowest BCUT2D eigenvalue weighted by atomic mass is 10.3. The number of rotatable bonds is 6. The van der Waals surface area contributed by atoms with Crippen molar-refractivity contribution in [3.05, 3.63) is 28.5 Å². The molecule has 0 radical (unpaired) electrons. The van der Waals surface area contributed by atoms with Crippen molar-refractivity contribution < 1.29 is 9.53 Å². The third kappa shape index (κ3) is 4.44. The fourth-order valence-corrected chi connectivity index (χ4v) is 1.62. The molecule has 1 N–H and O–H groups in total. The summed E-state index contributed by atoms with van der Waals surface area (Å²) in [5.74, 6) is 0.654. The van der Waals surface area contributed by atoms with Gasteiger partial charge in [-0.15, -0.1) is 0 Å². The number of hydrogen-bond acceptors (Lipinski definition) is 3. The SMILES string of the molecule is O=C(NCCOCC1CC1)c1ccc(Br)nc1. The molecule has 0 saturated heterocycles. The minimum atomic E-state index is -0.111. The van der Waals surface area contributed by atoms with Crippen LogP contribution in [-0.2, 0) is 4.74 Å². The van der Waals surface area contributed by atoms with Crippen LogP contribution in [0.5, 0.6) is 0 Å². The Morgan fingerprint density at radius 2 is 2.35 bits per heavy atom. The molecule has 1 aromatic rings. The molecular formula is C12H15BrN2O2. The Morgan fingerprint density at radius 1 is 1.53 bits per heavy atom. The highest BCUT2D eigenvalue weighted by Crippen LogP contribution is 2.28. The molecule has 0 atom stereocenters. The highest BCUT2D eigenvalue weighted by Gasteiger charge is 2.20. The van der Waals surface area contributed by atoms with Crippen molar-refractivity contribution in [1.82, 2.24) is 10.3 Å². The van der Waals surface area contributed by atoms with Gasteiger partial charge in [0.25, 0.3) is 5.91 Å². The van der Waals surface area contributed by atoms with Gasteiger partial charge in [-0.05, 0) is 46.8 Å². The Hall–Kier alpha value is -0.940. The molecule has 1 saturated carbocycles. The van der Waals surface area contributed by atoms with Crippen LogP contribution in [0, 0.1) is 5.92 Å². The number of aromatic nitrogens is 1. The molecule has 92 valence electrons. The van der Waals surface area contributed by atoms with E-state index in [1.165, 1.54) is 12.8 Å². The molecule has 1 aliphatic rings. The zero-order chi connectivity index (χ0) is 12.1. The van der Waals surface area contributed by atoms with E-state index in [0.29, 0.717) is 18.7 Å². The molecule has 4 nitrogen and oxygen atoms in total. The predicted octanol–water partition coefficient (Wildman–Crippen LogP) is 2.00. The Kier molecular flexibility index (Phi) is 4.50. The summed E-state index contributed by atoms with van der Waals surface area (Å²) in [5.41, 5.74) is 0.565. The fourth-order valence-electron chi connectivity index (χ4n) is 1.38. The number of carbonyl (C=O) groups is 1. The number of halogens is 1. The van der Waals surface area contributed by atoms with Crippen molar-refractivity contribution in [2.45, 2.75) is 12.8 Å². The topological polar surface area (TPSA) is 51.2 Å². The summed E-state index contributed by atoms with van der Waals surface area (Å²) in [4.78, 5) is 15.6. The molecule has 0 aliphatic heterocycles. The smallest absolute Gasteiger partial charge is 0.252 e. The number of carbonyl (C=O) groups excluding carboxylic acids is 1. The lowest BCUT2D eigenvalue weighted by Gasteiger charge is -2.05. The lowest BCUT2D eigenvalue weighted by Crippen LogP contribution is -2.27. The van der Waals surface area contributed by atoms with E-state index in [2.05, 4.69) is 26.2 Å². The second-order valence-corrected chi connectivity index (χ2v) is 4.96. The van der Waals surface area contributed by atoms with Crippen LogP contribution in [0.2, 0.25) is 0 Å². The van der Waals surface area contributed by atoms with Crippen molar-refractivity contribution in [1.29, 1.82) is 0 Å². The van der Waals surface area contributed by atoms with E-state index in [9.17, 15) is 4.79 Å². The molecule has 1 heterocycles. The summed E-state index contributed by atoms with van der Waals surface area (Å²) in [6.45, 7) is 1.95. The molecule has 17 heavy (non-hydrogen) atoms. The highest BCUT2D eigenvalue weighted by atomic mass is 79.9. The monoisotopic (exact) mass is 298 g/mol. The van der Waals surface area contributed by atoms with Crippen LogP contribution in [0.15, 0.2) is 22.9 Å². The average Bonchev–Trinajstić information content (AvgIpc) is 3.13. The van der Waals surface area contributed by atoms with Crippen LogP contribution in [0.3, 0.4) is 0 Å². The summed E-state index contributed by atoms with van der Waals surface area (Å²) < 4.78 is 6.15. The molecular weight excluding hydrogens is 284 g/mol. The van der Waals surface area contributed by atoms with E-state index in [-0.39, 0.29) is 5.91 Å². The van der Waals surface area contributed by atoms with Gasteiger partial charge in [0.1, 0.15) is 4.60 Å².